The molecule has 0 unspecified atom stereocenters. The summed E-state index contributed by atoms with van der Waals surface area (Å²) in [6, 6.07) is 0. The Balaban J connectivity index is 1.77. The Bertz CT molecular complexity index is 738. The van der Waals surface area contributed by atoms with Crippen molar-refractivity contribution in [1.82, 2.24) is 4.90 Å². The van der Waals surface area contributed by atoms with Gasteiger partial charge in [0.05, 0.1) is 18.6 Å². The molecule has 8 atom stereocenters. The van der Waals surface area contributed by atoms with Crippen molar-refractivity contribution in [2.24, 2.45) is 40.4 Å². The minimum absolute atomic E-state index is 0.0941. The molecular weight excluding hydrogens is 410 g/mol. The molecule has 0 aromatic carbocycles. The minimum atomic E-state index is -1.07. The van der Waals surface area contributed by atoms with Gasteiger partial charge >= 0.3 is 11.9 Å². The highest BCUT2D eigenvalue weighted by Gasteiger charge is 2.65. The lowest BCUT2D eigenvalue weighted by atomic mass is 9.42. The molecule has 0 saturated heterocycles. The van der Waals surface area contributed by atoms with Crippen molar-refractivity contribution in [3.63, 3.8) is 0 Å². The summed E-state index contributed by atoms with van der Waals surface area (Å²) in [5.74, 6) is -0.407. The van der Waals surface area contributed by atoms with Crippen molar-refractivity contribution >= 4 is 17.7 Å². The Kier molecular flexibility index (Phi) is 7.40. The first-order valence-electron chi connectivity index (χ1n) is 12.1. The van der Waals surface area contributed by atoms with E-state index in [4.69, 9.17) is 9.47 Å². The van der Waals surface area contributed by atoms with Crippen molar-refractivity contribution in [2.45, 2.75) is 65.4 Å². The van der Waals surface area contributed by atoms with Crippen LogP contribution in [-0.2, 0) is 23.9 Å². The Morgan fingerprint density at radius 1 is 1.19 bits per heavy atom. The van der Waals surface area contributed by atoms with E-state index in [1.54, 1.807) is 6.92 Å². The van der Waals surface area contributed by atoms with Crippen molar-refractivity contribution in [2.75, 3.05) is 34.4 Å². The number of aliphatic hydroxyl groups excluding tert-OH is 1. The van der Waals surface area contributed by atoms with Gasteiger partial charge in [-0.1, -0.05) is 13.8 Å². The monoisotopic (exact) mass is 451 g/mol. The summed E-state index contributed by atoms with van der Waals surface area (Å²) >= 11 is 0. The molecule has 3 aliphatic carbocycles. The molecule has 0 bridgehead atoms. The number of hydrogen-bond acceptors (Lipinski definition) is 7. The van der Waals surface area contributed by atoms with Crippen molar-refractivity contribution in [3.05, 3.63) is 0 Å². The van der Waals surface area contributed by atoms with E-state index in [1.807, 2.05) is 19.0 Å². The number of carbonyl (C=O) groups is 3. The van der Waals surface area contributed by atoms with Gasteiger partial charge in [0.1, 0.15) is 12.4 Å². The van der Waals surface area contributed by atoms with Crippen LogP contribution in [0, 0.1) is 40.4 Å². The van der Waals surface area contributed by atoms with E-state index in [2.05, 4.69) is 13.8 Å². The lowest BCUT2D eigenvalue weighted by Crippen LogP contribution is -2.63. The van der Waals surface area contributed by atoms with E-state index in [9.17, 15) is 19.5 Å². The molecule has 7 heteroatoms. The number of aliphatic hydroxyl groups is 1. The first-order valence-corrected chi connectivity index (χ1v) is 12.1. The number of esters is 2. The van der Waals surface area contributed by atoms with Crippen LogP contribution in [0.25, 0.3) is 0 Å². The van der Waals surface area contributed by atoms with Gasteiger partial charge in [0.25, 0.3) is 0 Å². The summed E-state index contributed by atoms with van der Waals surface area (Å²) in [6.07, 6.45) is 2.89. The van der Waals surface area contributed by atoms with Crippen LogP contribution in [-0.4, -0.2) is 68.2 Å². The van der Waals surface area contributed by atoms with Gasteiger partial charge in [-0.05, 0) is 75.8 Å². The molecular formula is C25H41NO6. The Labute approximate surface area is 192 Å². The zero-order valence-corrected chi connectivity index (χ0v) is 20.6. The molecule has 0 aromatic rings. The van der Waals surface area contributed by atoms with Gasteiger partial charge in [0.15, 0.2) is 0 Å². The largest absolute Gasteiger partial charge is 0.469 e. The summed E-state index contributed by atoms with van der Waals surface area (Å²) in [4.78, 5) is 40.6. The fourth-order valence-electron chi connectivity index (χ4n) is 7.22. The number of methoxy groups -OCH3 is 1. The fourth-order valence-corrected chi connectivity index (χ4v) is 7.22. The zero-order valence-electron chi connectivity index (χ0n) is 20.6. The van der Waals surface area contributed by atoms with Crippen LogP contribution in [0.5, 0.6) is 0 Å². The third-order valence-corrected chi connectivity index (χ3v) is 9.24. The summed E-state index contributed by atoms with van der Waals surface area (Å²) in [7, 11) is 5.23. The van der Waals surface area contributed by atoms with E-state index in [0.29, 0.717) is 26.0 Å². The first kappa shape index (κ1) is 25.2. The van der Waals surface area contributed by atoms with Gasteiger partial charge < -0.3 is 19.5 Å². The minimum Gasteiger partial charge on any atom is -0.469 e. The molecule has 3 fully saturated rings. The van der Waals surface area contributed by atoms with Crippen LogP contribution in [0.3, 0.4) is 0 Å². The van der Waals surface area contributed by atoms with E-state index < -0.39 is 17.5 Å². The molecule has 3 saturated carbocycles. The fraction of sp³-hybridized carbons (Fsp3) is 0.880. The molecule has 0 radical (unpaired) electrons. The van der Waals surface area contributed by atoms with Gasteiger partial charge in [-0.15, -0.1) is 0 Å². The number of nitrogens with zero attached hydrogens (tertiary/aromatic N) is 1. The number of fused-ring (bicyclic) bond motifs is 3. The topological polar surface area (TPSA) is 93.1 Å². The van der Waals surface area contributed by atoms with Crippen LogP contribution in [0.1, 0.15) is 59.3 Å². The summed E-state index contributed by atoms with van der Waals surface area (Å²) in [5, 5.41) is 10.8. The molecule has 0 aromatic heterocycles. The second-order valence-electron chi connectivity index (χ2n) is 11.1. The van der Waals surface area contributed by atoms with Crippen molar-refractivity contribution in [3.8, 4) is 0 Å². The maximum absolute atomic E-state index is 13.5. The molecule has 3 aliphatic rings. The Morgan fingerprint density at radius 2 is 1.88 bits per heavy atom. The molecule has 0 heterocycles. The lowest BCUT2D eigenvalue weighted by Gasteiger charge is -2.62. The van der Waals surface area contributed by atoms with Crippen LogP contribution >= 0.6 is 0 Å². The summed E-state index contributed by atoms with van der Waals surface area (Å²) in [6.45, 7) is 7.16. The lowest BCUT2D eigenvalue weighted by molar-refractivity contribution is -0.200. The third kappa shape index (κ3) is 4.23. The highest BCUT2D eigenvalue weighted by atomic mass is 16.5. The molecule has 32 heavy (non-hydrogen) atoms. The maximum Gasteiger partial charge on any atom is 0.314 e. The number of rotatable bonds is 6. The van der Waals surface area contributed by atoms with Crippen LogP contribution < -0.4 is 0 Å². The highest BCUT2D eigenvalue weighted by Crippen LogP contribution is 2.64. The van der Waals surface area contributed by atoms with Gasteiger partial charge in [-0.3, -0.25) is 14.4 Å². The molecule has 182 valence electrons. The van der Waals surface area contributed by atoms with E-state index in [-0.39, 0.29) is 53.2 Å². The average Bonchev–Trinajstić information content (AvgIpc) is 2.73. The SMILES string of the molecule is COC(=O)[C@]1(C)[C@@H]2CC(=O)[C@@H]3[C@@H](C)[C@@H](CC(=O)OCCN(C)C)CC[C@@H]3[C@@]2(C)CC[C@@H]1O. The Hall–Kier alpha value is -1.47. The number of ether oxygens (including phenoxy) is 2. The normalized spacial score (nSPS) is 41.6. The number of hydrogen-bond donors (Lipinski definition) is 1. The average molecular weight is 452 g/mol. The molecule has 1 N–H and O–H groups in total. The molecule has 7 nitrogen and oxygen atoms in total. The predicted octanol–water partition coefficient (Wildman–Crippen LogP) is 2.69. The van der Waals surface area contributed by atoms with Gasteiger partial charge in [-0.25, -0.2) is 0 Å². The second kappa shape index (κ2) is 9.41. The quantitative estimate of drug-likeness (QED) is 0.621. The molecule has 0 spiro atoms. The van der Waals surface area contributed by atoms with Crippen LogP contribution in [0.2, 0.25) is 0 Å². The smallest absolute Gasteiger partial charge is 0.314 e. The maximum atomic E-state index is 13.5. The number of carbonyl (C=O) groups excluding carboxylic acids is 3. The van der Waals surface area contributed by atoms with Crippen molar-refractivity contribution in [1.29, 1.82) is 0 Å². The number of ketones is 1. The second-order valence-corrected chi connectivity index (χ2v) is 11.1. The van der Waals surface area contributed by atoms with E-state index in [0.717, 1.165) is 19.3 Å². The standard InChI is InChI=1S/C25H41NO6/c1-15-16(13-21(29)32-12-11-26(4)5)7-8-17-22(15)18(27)14-19-24(17,2)10-9-20(28)25(19,3)23(30)31-6/h15-17,19-20,22,28H,7-14H2,1-6H3/t15-,16+,17-,19+,20-,22+,24+,25+/m0/s1. The van der Waals surface area contributed by atoms with Gasteiger partial charge in [-0.2, -0.15) is 0 Å². The van der Waals surface area contributed by atoms with E-state index >= 15 is 0 Å². The summed E-state index contributed by atoms with van der Waals surface area (Å²) < 4.78 is 10.5. The molecule has 0 aliphatic heterocycles. The van der Waals surface area contributed by atoms with Gasteiger partial charge in [0, 0.05) is 25.3 Å². The van der Waals surface area contributed by atoms with Crippen LogP contribution in [0.4, 0.5) is 0 Å². The highest BCUT2D eigenvalue weighted by molar-refractivity contribution is 5.86. The zero-order chi connectivity index (χ0) is 23.8. The Morgan fingerprint density at radius 3 is 2.50 bits per heavy atom. The predicted molar refractivity (Wildman–Crippen MR) is 120 cm³/mol. The van der Waals surface area contributed by atoms with Crippen LogP contribution in [0.15, 0.2) is 0 Å². The van der Waals surface area contributed by atoms with Crippen molar-refractivity contribution < 1.29 is 29.0 Å². The summed E-state index contributed by atoms with van der Waals surface area (Å²) in [5.41, 5.74) is -1.29. The molecule has 3 rings (SSSR count). The third-order valence-electron chi connectivity index (χ3n) is 9.24. The molecule has 0 amide bonds. The first-order chi connectivity index (χ1) is 15.0. The number of likely N-dealkylation sites (N-methyl/N-ethyl adjacent to an activating group) is 1. The number of Topliss-reactive ketones (excluding diaryl/α,β-unsaturated/α-hetero) is 1. The van der Waals surface area contributed by atoms with E-state index in [1.165, 1.54) is 7.11 Å². The van der Waals surface area contributed by atoms with Gasteiger partial charge in [0.2, 0.25) is 0 Å².